The van der Waals surface area contributed by atoms with Crippen molar-refractivity contribution in [3.63, 3.8) is 0 Å². The lowest BCUT2D eigenvalue weighted by Crippen LogP contribution is -2.48. The Balaban J connectivity index is 2.50. The molecule has 0 saturated carbocycles. The monoisotopic (exact) mass is 212 g/mol. The smallest absolute Gasteiger partial charge is 0.225 e. The molecular formula is C12H24N2O. The summed E-state index contributed by atoms with van der Waals surface area (Å²) in [6, 6.07) is 0.396. The Labute approximate surface area is 93.2 Å². The first-order valence-corrected chi connectivity index (χ1v) is 6.01. The molecule has 0 aromatic carbocycles. The number of likely N-dealkylation sites (N-methyl/N-ethyl adjacent to an activating group) is 1. The summed E-state index contributed by atoms with van der Waals surface area (Å²) < 4.78 is 0. The first kappa shape index (κ1) is 12.5. The summed E-state index contributed by atoms with van der Waals surface area (Å²) in [6.45, 7) is 8.29. The van der Waals surface area contributed by atoms with Crippen molar-refractivity contribution in [3.8, 4) is 0 Å². The van der Waals surface area contributed by atoms with Crippen molar-refractivity contribution in [2.24, 2.45) is 11.8 Å². The lowest BCUT2D eigenvalue weighted by molar-refractivity contribution is -0.137. The minimum atomic E-state index is 0.136. The van der Waals surface area contributed by atoms with Crippen LogP contribution in [0.4, 0.5) is 0 Å². The number of hydrogen-bond acceptors (Lipinski definition) is 2. The van der Waals surface area contributed by atoms with Gasteiger partial charge in [-0.3, -0.25) is 4.79 Å². The predicted molar refractivity (Wildman–Crippen MR) is 62.7 cm³/mol. The highest BCUT2D eigenvalue weighted by Crippen LogP contribution is 2.16. The van der Waals surface area contributed by atoms with Gasteiger partial charge in [0, 0.05) is 25.6 Å². The number of piperidine rings is 1. The zero-order valence-electron chi connectivity index (χ0n) is 10.4. The van der Waals surface area contributed by atoms with Gasteiger partial charge in [-0.05, 0) is 25.3 Å². The molecule has 0 aliphatic carbocycles. The minimum Gasteiger partial charge on any atom is -0.341 e. The van der Waals surface area contributed by atoms with E-state index in [9.17, 15) is 4.79 Å². The Bertz CT molecular complexity index is 210. The summed E-state index contributed by atoms with van der Waals surface area (Å²) in [6.07, 6.45) is 2.32. The molecule has 2 unspecified atom stereocenters. The molecule has 1 rings (SSSR count). The van der Waals surface area contributed by atoms with Gasteiger partial charge in [-0.1, -0.05) is 20.8 Å². The molecule has 0 aromatic heterocycles. The molecule has 1 saturated heterocycles. The van der Waals surface area contributed by atoms with Crippen LogP contribution in [0, 0.1) is 11.8 Å². The van der Waals surface area contributed by atoms with Crippen LogP contribution in [0.25, 0.3) is 0 Å². The average molecular weight is 212 g/mol. The fourth-order valence-corrected chi connectivity index (χ4v) is 1.95. The predicted octanol–water partition coefficient (Wildman–Crippen LogP) is 1.49. The molecule has 2 atom stereocenters. The quantitative estimate of drug-likeness (QED) is 0.768. The van der Waals surface area contributed by atoms with E-state index in [1.165, 1.54) is 6.42 Å². The molecule has 1 fully saturated rings. The summed E-state index contributed by atoms with van der Waals surface area (Å²) in [5.41, 5.74) is 0. The third kappa shape index (κ3) is 3.20. The van der Waals surface area contributed by atoms with Gasteiger partial charge in [0.25, 0.3) is 0 Å². The highest BCUT2D eigenvalue weighted by molar-refractivity contribution is 5.78. The number of amides is 1. The first-order chi connectivity index (χ1) is 7.04. The van der Waals surface area contributed by atoms with Gasteiger partial charge >= 0.3 is 0 Å². The van der Waals surface area contributed by atoms with Crippen LogP contribution in [0.2, 0.25) is 0 Å². The second-order valence-corrected chi connectivity index (χ2v) is 4.98. The van der Waals surface area contributed by atoms with E-state index in [-0.39, 0.29) is 5.92 Å². The topological polar surface area (TPSA) is 32.3 Å². The highest BCUT2D eigenvalue weighted by Gasteiger charge is 2.26. The third-order valence-electron chi connectivity index (χ3n) is 3.56. The first-order valence-electron chi connectivity index (χ1n) is 6.01. The molecule has 0 radical (unpaired) electrons. The lowest BCUT2D eigenvalue weighted by Gasteiger charge is -2.34. The minimum absolute atomic E-state index is 0.136. The van der Waals surface area contributed by atoms with Gasteiger partial charge in [0.05, 0.1) is 0 Å². The maximum absolute atomic E-state index is 12.1. The normalized spacial score (nSPS) is 23.9. The van der Waals surface area contributed by atoms with Crippen molar-refractivity contribution in [2.75, 3.05) is 20.1 Å². The number of hydrogen-bond donors (Lipinski definition) is 1. The van der Waals surface area contributed by atoms with E-state index in [0.29, 0.717) is 17.9 Å². The molecular weight excluding hydrogens is 188 g/mol. The highest BCUT2D eigenvalue weighted by atomic mass is 16.2. The maximum Gasteiger partial charge on any atom is 0.225 e. The zero-order valence-corrected chi connectivity index (χ0v) is 10.4. The Kier molecular flexibility index (Phi) is 4.58. The van der Waals surface area contributed by atoms with Gasteiger partial charge in [0.15, 0.2) is 0 Å². The van der Waals surface area contributed by atoms with Gasteiger partial charge < -0.3 is 10.2 Å². The molecule has 0 aromatic rings. The lowest BCUT2D eigenvalue weighted by atomic mass is 9.95. The molecule has 3 nitrogen and oxygen atoms in total. The second-order valence-electron chi connectivity index (χ2n) is 4.98. The SMILES string of the molecule is CC(C)C(C)C(=O)N(C)C1CCCNC1. The van der Waals surface area contributed by atoms with Crippen molar-refractivity contribution in [1.29, 1.82) is 0 Å². The van der Waals surface area contributed by atoms with Gasteiger partial charge in [0.1, 0.15) is 0 Å². The standard InChI is InChI=1S/C12H24N2O/c1-9(2)10(3)12(15)14(4)11-6-5-7-13-8-11/h9-11,13H,5-8H2,1-4H3. The fraction of sp³-hybridized carbons (Fsp3) is 0.917. The van der Waals surface area contributed by atoms with Crippen molar-refractivity contribution >= 4 is 5.91 Å². The van der Waals surface area contributed by atoms with E-state index in [0.717, 1.165) is 19.5 Å². The number of carbonyl (C=O) groups is 1. The van der Waals surface area contributed by atoms with Crippen molar-refractivity contribution in [3.05, 3.63) is 0 Å². The van der Waals surface area contributed by atoms with Crippen molar-refractivity contribution in [2.45, 2.75) is 39.7 Å². The van der Waals surface area contributed by atoms with E-state index in [1.54, 1.807) is 0 Å². The summed E-state index contributed by atoms with van der Waals surface area (Å²) >= 11 is 0. The summed E-state index contributed by atoms with van der Waals surface area (Å²) in [4.78, 5) is 14.0. The Hall–Kier alpha value is -0.570. The van der Waals surface area contributed by atoms with Crippen LogP contribution in [0.1, 0.15) is 33.6 Å². The fourth-order valence-electron chi connectivity index (χ4n) is 1.95. The molecule has 3 heteroatoms. The summed E-state index contributed by atoms with van der Waals surface area (Å²) in [5, 5.41) is 3.34. The van der Waals surface area contributed by atoms with Crippen LogP contribution in [0.5, 0.6) is 0 Å². The van der Waals surface area contributed by atoms with Crippen LogP contribution in [-0.2, 0) is 4.79 Å². The Morgan fingerprint density at radius 1 is 1.40 bits per heavy atom. The third-order valence-corrected chi connectivity index (χ3v) is 3.56. The van der Waals surface area contributed by atoms with E-state index >= 15 is 0 Å². The van der Waals surface area contributed by atoms with E-state index in [4.69, 9.17) is 0 Å². The molecule has 88 valence electrons. The van der Waals surface area contributed by atoms with Gasteiger partial charge in [-0.2, -0.15) is 0 Å². The van der Waals surface area contributed by atoms with Crippen LogP contribution < -0.4 is 5.32 Å². The number of rotatable bonds is 3. The van der Waals surface area contributed by atoms with Crippen LogP contribution in [0.3, 0.4) is 0 Å². The van der Waals surface area contributed by atoms with Crippen LogP contribution in [0.15, 0.2) is 0 Å². The Morgan fingerprint density at radius 2 is 2.07 bits per heavy atom. The van der Waals surface area contributed by atoms with E-state index in [1.807, 2.05) is 18.9 Å². The number of nitrogens with zero attached hydrogens (tertiary/aromatic N) is 1. The van der Waals surface area contributed by atoms with E-state index < -0.39 is 0 Å². The van der Waals surface area contributed by atoms with Gasteiger partial charge in [0.2, 0.25) is 5.91 Å². The van der Waals surface area contributed by atoms with Crippen molar-refractivity contribution in [1.82, 2.24) is 10.2 Å². The molecule has 1 amide bonds. The van der Waals surface area contributed by atoms with Gasteiger partial charge in [-0.25, -0.2) is 0 Å². The summed E-state index contributed by atoms with van der Waals surface area (Å²) in [7, 11) is 1.94. The van der Waals surface area contributed by atoms with Crippen LogP contribution in [-0.4, -0.2) is 37.0 Å². The van der Waals surface area contributed by atoms with Crippen LogP contribution >= 0.6 is 0 Å². The second kappa shape index (κ2) is 5.50. The molecule has 1 heterocycles. The number of nitrogens with one attached hydrogen (secondary N) is 1. The average Bonchev–Trinajstić information content (AvgIpc) is 2.27. The summed E-state index contributed by atoms with van der Waals surface area (Å²) in [5.74, 6) is 0.854. The zero-order chi connectivity index (χ0) is 11.4. The molecule has 15 heavy (non-hydrogen) atoms. The largest absolute Gasteiger partial charge is 0.341 e. The molecule has 0 spiro atoms. The van der Waals surface area contributed by atoms with E-state index in [2.05, 4.69) is 19.2 Å². The molecule has 1 aliphatic heterocycles. The van der Waals surface area contributed by atoms with Crippen molar-refractivity contribution < 1.29 is 4.79 Å². The maximum atomic E-state index is 12.1. The molecule has 0 bridgehead atoms. The van der Waals surface area contributed by atoms with Gasteiger partial charge in [-0.15, -0.1) is 0 Å². The Morgan fingerprint density at radius 3 is 2.53 bits per heavy atom. The molecule has 1 aliphatic rings. The number of carbonyl (C=O) groups excluding carboxylic acids is 1. The molecule has 1 N–H and O–H groups in total.